The first-order valence-corrected chi connectivity index (χ1v) is 8.30. The van der Waals surface area contributed by atoms with Crippen LogP contribution in [0.15, 0.2) is 54.6 Å². The molecule has 2 aromatic carbocycles. The quantitative estimate of drug-likeness (QED) is 0.401. The molecule has 0 unspecified atom stereocenters. The summed E-state index contributed by atoms with van der Waals surface area (Å²) in [6.45, 7) is 1.79. The zero-order valence-electron chi connectivity index (χ0n) is 15.3. The minimum absolute atomic E-state index is 0.0870. The van der Waals surface area contributed by atoms with Crippen molar-refractivity contribution in [3.8, 4) is 34.2 Å². The lowest BCUT2D eigenvalue weighted by atomic mass is 9.94. The first-order valence-electron chi connectivity index (χ1n) is 8.30. The highest BCUT2D eigenvalue weighted by Gasteiger charge is 2.36. The summed E-state index contributed by atoms with van der Waals surface area (Å²) in [5.41, 5.74) is 2.95. The number of rotatable bonds is 4. The summed E-state index contributed by atoms with van der Waals surface area (Å²) in [4.78, 5) is 11.7. The largest absolute Gasteiger partial charge is 0.497 e. The third-order valence-corrected chi connectivity index (χ3v) is 4.63. The molecule has 1 heterocycles. The summed E-state index contributed by atoms with van der Waals surface area (Å²) >= 11 is 0. The second kappa shape index (κ2) is 7.26. The first-order chi connectivity index (χ1) is 13.0. The molecule has 6 nitrogen and oxygen atoms in total. The van der Waals surface area contributed by atoms with E-state index < -0.39 is 4.92 Å². The molecule has 0 spiro atoms. The Morgan fingerprint density at radius 3 is 2.22 bits per heavy atom. The van der Waals surface area contributed by atoms with Crippen LogP contribution in [0, 0.1) is 28.4 Å². The van der Waals surface area contributed by atoms with Gasteiger partial charge in [0, 0.05) is 6.92 Å². The first kappa shape index (κ1) is 18.1. The highest BCUT2D eigenvalue weighted by atomic mass is 16.6. The second-order valence-corrected chi connectivity index (χ2v) is 6.06. The maximum atomic E-state index is 12.1. The third kappa shape index (κ3) is 3.11. The van der Waals surface area contributed by atoms with Crippen molar-refractivity contribution in [3.63, 3.8) is 0 Å². The van der Waals surface area contributed by atoms with Crippen LogP contribution in [0.1, 0.15) is 11.3 Å². The van der Waals surface area contributed by atoms with Crippen molar-refractivity contribution in [1.29, 1.82) is 5.26 Å². The van der Waals surface area contributed by atoms with E-state index in [2.05, 4.69) is 6.07 Å². The number of ether oxygens (including phenoxy) is 1. The molecule has 134 valence electrons. The molecule has 0 aliphatic rings. The van der Waals surface area contributed by atoms with Gasteiger partial charge in [-0.3, -0.25) is 10.1 Å². The van der Waals surface area contributed by atoms with Crippen molar-refractivity contribution in [1.82, 2.24) is 0 Å². The maximum Gasteiger partial charge on any atom is 0.349 e. The van der Waals surface area contributed by atoms with Crippen molar-refractivity contribution in [2.45, 2.75) is 6.92 Å². The van der Waals surface area contributed by atoms with Gasteiger partial charge >= 0.3 is 5.69 Å². The van der Waals surface area contributed by atoms with E-state index in [9.17, 15) is 15.4 Å². The Labute approximate surface area is 157 Å². The lowest BCUT2D eigenvalue weighted by molar-refractivity contribution is -0.669. The number of nitrogens with zero attached hydrogens (tertiary/aromatic N) is 3. The number of aromatic nitrogens is 1. The molecular weight excluding hydrogens is 342 g/mol. The van der Waals surface area contributed by atoms with Crippen LogP contribution in [0.25, 0.3) is 22.4 Å². The number of nitro groups is 1. The average molecular weight is 360 g/mol. The Morgan fingerprint density at radius 2 is 1.70 bits per heavy atom. The molecule has 0 radical (unpaired) electrons. The summed E-state index contributed by atoms with van der Waals surface area (Å²) in [5, 5.41) is 21.8. The summed E-state index contributed by atoms with van der Waals surface area (Å²) < 4.78 is 6.88. The van der Waals surface area contributed by atoms with Crippen molar-refractivity contribution in [2.24, 2.45) is 7.05 Å². The topological polar surface area (TPSA) is 80.0 Å². The molecule has 0 N–H and O–H groups in total. The lowest BCUT2D eigenvalue weighted by Gasteiger charge is -2.12. The Hall–Kier alpha value is -3.72. The van der Waals surface area contributed by atoms with E-state index >= 15 is 0 Å². The van der Waals surface area contributed by atoms with Crippen LogP contribution in [0.2, 0.25) is 0 Å². The van der Waals surface area contributed by atoms with Crippen LogP contribution in [-0.2, 0) is 7.05 Å². The van der Waals surface area contributed by atoms with Crippen molar-refractivity contribution in [2.75, 3.05) is 7.11 Å². The molecule has 27 heavy (non-hydrogen) atoms. The summed E-state index contributed by atoms with van der Waals surface area (Å²) in [7, 11) is 3.29. The number of methoxy groups -OCH3 is 1. The van der Waals surface area contributed by atoms with Gasteiger partial charge in [-0.25, -0.2) is 0 Å². The summed E-state index contributed by atoms with van der Waals surface area (Å²) in [5.74, 6) is 0.640. The van der Waals surface area contributed by atoms with E-state index in [1.165, 1.54) is 0 Å². The van der Waals surface area contributed by atoms with Crippen LogP contribution < -0.4 is 9.30 Å². The van der Waals surface area contributed by atoms with Crippen LogP contribution in [-0.4, -0.2) is 12.0 Å². The number of hydrogen-bond donors (Lipinski definition) is 0. The Kier molecular flexibility index (Phi) is 4.86. The zero-order chi connectivity index (χ0) is 19.6. The Morgan fingerprint density at radius 1 is 1.07 bits per heavy atom. The van der Waals surface area contributed by atoms with Gasteiger partial charge < -0.3 is 4.74 Å². The fourth-order valence-corrected chi connectivity index (χ4v) is 3.19. The molecule has 0 atom stereocenters. The third-order valence-electron chi connectivity index (χ3n) is 4.63. The van der Waals surface area contributed by atoms with Crippen LogP contribution in [0.4, 0.5) is 5.69 Å². The monoisotopic (exact) mass is 360 g/mol. The summed E-state index contributed by atoms with van der Waals surface area (Å²) in [6.07, 6.45) is 0. The molecule has 0 saturated carbocycles. The average Bonchev–Trinajstić information content (AvgIpc) is 2.70. The van der Waals surface area contributed by atoms with E-state index in [0.29, 0.717) is 33.8 Å². The molecule has 0 amide bonds. The van der Waals surface area contributed by atoms with Crippen molar-refractivity contribution >= 4 is 5.69 Å². The van der Waals surface area contributed by atoms with Gasteiger partial charge in [0.05, 0.1) is 23.2 Å². The number of benzene rings is 2. The van der Waals surface area contributed by atoms with E-state index in [0.717, 1.165) is 0 Å². The van der Waals surface area contributed by atoms with Gasteiger partial charge in [0.1, 0.15) is 24.4 Å². The van der Waals surface area contributed by atoms with Crippen LogP contribution in [0.5, 0.6) is 5.75 Å². The molecule has 6 heteroatoms. The Bertz CT molecular complexity index is 1050. The van der Waals surface area contributed by atoms with Crippen molar-refractivity contribution in [3.05, 3.63) is 76.0 Å². The maximum absolute atomic E-state index is 12.1. The number of pyridine rings is 1. The molecule has 0 fully saturated rings. The zero-order valence-corrected chi connectivity index (χ0v) is 15.3. The van der Waals surface area contributed by atoms with Crippen LogP contribution >= 0.6 is 0 Å². The van der Waals surface area contributed by atoms with Crippen molar-refractivity contribution < 1.29 is 14.2 Å². The summed E-state index contributed by atoms with van der Waals surface area (Å²) in [6, 6.07) is 18.2. The molecule has 0 saturated heterocycles. The van der Waals surface area contributed by atoms with Gasteiger partial charge in [-0.2, -0.15) is 9.83 Å². The predicted octanol–water partition coefficient (Wildman–Crippen LogP) is 3.94. The van der Waals surface area contributed by atoms with E-state index in [1.807, 2.05) is 30.3 Å². The van der Waals surface area contributed by atoms with Gasteiger partial charge in [0.25, 0.3) is 5.69 Å². The van der Waals surface area contributed by atoms with E-state index in [4.69, 9.17) is 4.74 Å². The normalized spacial score (nSPS) is 10.3. The van der Waals surface area contributed by atoms with Gasteiger partial charge in [0.15, 0.2) is 5.69 Å². The van der Waals surface area contributed by atoms with E-state index in [1.54, 1.807) is 49.9 Å². The standard InChI is InChI=1S/C21H18N3O3/c1-14-18(13-22)19(15-9-11-17(27-3)12-10-15)21(24(25)26)20(23(14)2)16-7-5-4-6-8-16/h4-12H,1-3H3/q+1. The minimum atomic E-state index is -0.415. The minimum Gasteiger partial charge on any atom is -0.497 e. The van der Waals surface area contributed by atoms with E-state index in [-0.39, 0.29) is 11.3 Å². The number of hydrogen-bond acceptors (Lipinski definition) is 4. The lowest BCUT2D eigenvalue weighted by Crippen LogP contribution is -2.37. The van der Waals surface area contributed by atoms with Crippen LogP contribution in [0.3, 0.4) is 0 Å². The van der Waals surface area contributed by atoms with Gasteiger partial charge in [-0.15, -0.1) is 0 Å². The SMILES string of the molecule is COc1ccc(-c2c(C#N)c(C)[n+](C)c(-c3ccccc3)c2[N+](=O)[O-])cc1. The molecule has 0 bridgehead atoms. The second-order valence-electron chi connectivity index (χ2n) is 6.06. The molecule has 3 rings (SSSR count). The fourth-order valence-electron chi connectivity index (χ4n) is 3.19. The predicted molar refractivity (Wildman–Crippen MR) is 101 cm³/mol. The highest BCUT2D eigenvalue weighted by molar-refractivity contribution is 5.86. The van der Waals surface area contributed by atoms with Gasteiger partial charge in [-0.05, 0) is 29.8 Å². The van der Waals surface area contributed by atoms with Gasteiger partial charge in [-0.1, -0.05) is 30.3 Å². The fraction of sp³-hybridized carbons (Fsp3) is 0.143. The molecule has 0 aliphatic carbocycles. The molecular formula is C21H18N3O3+. The smallest absolute Gasteiger partial charge is 0.349 e. The number of nitriles is 1. The molecule has 0 aliphatic heterocycles. The Balaban J connectivity index is 2.46. The van der Waals surface area contributed by atoms with Gasteiger partial charge in [0.2, 0.25) is 0 Å². The molecule has 3 aromatic rings. The highest BCUT2D eigenvalue weighted by Crippen LogP contribution is 2.40. The molecule has 1 aromatic heterocycles.